The summed E-state index contributed by atoms with van der Waals surface area (Å²) in [7, 11) is 0. The van der Waals surface area contributed by atoms with Gasteiger partial charge in [0, 0.05) is 42.2 Å². The number of rotatable bonds is 5. The molecule has 51 heavy (non-hydrogen) atoms. The van der Waals surface area contributed by atoms with E-state index in [1.54, 1.807) is 0 Å². The fourth-order valence-electron chi connectivity index (χ4n) is 7.48. The van der Waals surface area contributed by atoms with Gasteiger partial charge in [0.05, 0.1) is 11.4 Å². The number of aromatic nitrogens is 2. The highest BCUT2D eigenvalue weighted by atomic mass is 32.1. The van der Waals surface area contributed by atoms with Gasteiger partial charge in [0.1, 0.15) is 0 Å². The van der Waals surface area contributed by atoms with Gasteiger partial charge in [-0.1, -0.05) is 152 Å². The van der Waals surface area contributed by atoms with Gasteiger partial charge in [-0.25, -0.2) is 9.97 Å². The molecule has 0 radical (unpaired) electrons. The van der Waals surface area contributed by atoms with Crippen molar-refractivity contribution in [2.45, 2.75) is 0 Å². The molecular formula is C48H30N2S. The molecule has 3 heteroatoms. The van der Waals surface area contributed by atoms with E-state index in [9.17, 15) is 0 Å². The summed E-state index contributed by atoms with van der Waals surface area (Å²) in [5.41, 5.74) is 9.59. The molecule has 2 nitrogen and oxygen atoms in total. The van der Waals surface area contributed by atoms with Gasteiger partial charge < -0.3 is 0 Å². The van der Waals surface area contributed by atoms with Crippen LogP contribution in [0, 0.1) is 0 Å². The van der Waals surface area contributed by atoms with Gasteiger partial charge in [-0.3, -0.25) is 0 Å². The van der Waals surface area contributed by atoms with E-state index >= 15 is 0 Å². The van der Waals surface area contributed by atoms with Gasteiger partial charge in [0.15, 0.2) is 5.82 Å². The molecule has 0 amide bonds. The molecule has 10 rings (SSSR count). The van der Waals surface area contributed by atoms with E-state index in [2.05, 4.69) is 158 Å². The van der Waals surface area contributed by atoms with Gasteiger partial charge in [0.25, 0.3) is 0 Å². The van der Waals surface area contributed by atoms with Crippen molar-refractivity contribution in [3.05, 3.63) is 182 Å². The van der Waals surface area contributed by atoms with Crippen LogP contribution in [0.3, 0.4) is 0 Å². The van der Waals surface area contributed by atoms with Crippen molar-refractivity contribution < 1.29 is 0 Å². The number of thiophene rings is 1. The molecule has 0 fully saturated rings. The summed E-state index contributed by atoms with van der Waals surface area (Å²) in [4.78, 5) is 10.3. The Balaban J connectivity index is 1.27. The second kappa shape index (κ2) is 12.2. The van der Waals surface area contributed by atoms with Crippen LogP contribution in [0.25, 0.3) is 97.9 Å². The molecule has 2 heterocycles. The maximum atomic E-state index is 5.24. The first-order valence-corrected chi connectivity index (χ1v) is 18.1. The highest BCUT2D eigenvalue weighted by molar-refractivity contribution is 7.27. The van der Waals surface area contributed by atoms with Crippen LogP contribution < -0.4 is 0 Å². The van der Waals surface area contributed by atoms with E-state index in [4.69, 9.17) is 9.97 Å². The normalized spacial score (nSPS) is 11.5. The SMILES string of the molecule is c1ccc(-c2cc(-c3cc(-c4ccccc4)nc(-c4ccccc4)n3)cc(-c3cccc4sc5c6ccccc6c6ccccc6c5c34)c2)cc1. The van der Waals surface area contributed by atoms with Gasteiger partial charge in [-0.15, -0.1) is 11.3 Å². The second-order valence-electron chi connectivity index (χ2n) is 12.9. The predicted octanol–water partition coefficient (Wildman–Crippen LogP) is 13.5. The molecule has 0 saturated carbocycles. The molecule has 0 N–H and O–H groups in total. The van der Waals surface area contributed by atoms with Crippen molar-refractivity contribution >= 4 is 53.1 Å². The summed E-state index contributed by atoms with van der Waals surface area (Å²) in [5, 5.41) is 7.81. The van der Waals surface area contributed by atoms with E-state index in [0.717, 1.165) is 39.2 Å². The zero-order chi connectivity index (χ0) is 33.7. The molecule has 0 atom stereocenters. The Kier molecular flexibility index (Phi) is 7.04. The first-order valence-electron chi connectivity index (χ1n) is 17.2. The van der Waals surface area contributed by atoms with Crippen LogP contribution in [-0.4, -0.2) is 9.97 Å². The third-order valence-electron chi connectivity index (χ3n) is 9.85. The molecule has 0 spiro atoms. The Bertz CT molecular complexity index is 2840. The summed E-state index contributed by atoms with van der Waals surface area (Å²) in [6.45, 7) is 0. The fourth-order valence-corrected chi connectivity index (χ4v) is 8.77. The van der Waals surface area contributed by atoms with Crippen LogP contribution in [0.15, 0.2) is 182 Å². The van der Waals surface area contributed by atoms with E-state index < -0.39 is 0 Å². The van der Waals surface area contributed by atoms with Gasteiger partial charge in [0.2, 0.25) is 0 Å². The fraction of sp³-hybridized carbons (Fsp3) is 0. The van der Waals surface area contributed by atoms with Crippen LogP contribution in [0.4, 0.5) is 0 Å². The number of nitrogens with zero attached hydrogens (tertiary/aromatic N) is 2. The van der Waals surface area contributed by atoms with Gasteiger partial charge in [-0.05, 0) is 68.7 Å². The first-order chi connectivity index (χ1) is 25.3. The molecule has 10 aromatic rings. The molecule has 8 aromatic carbocycles. The minimum Gasteiger partial charge on any atom is -0.228 e. The largest absolute Gasteiger partial charge is 0.228 e. The molecule has 0 saturated heterocycles. The lowest BCUT2D eigenvalue weighted by atomic mass is 9.91. The van der Waals surface area contributed by atoms with E-state index in [-0.39, 0.29) is 0 Å². The summed E-state index contributed by atoms with van der Waals surface area (Å²) in [6, 6.07) is 64.9. The smallest absolute Gasteiger partial charge is 0.160 e. The quantitative estimate of drug-likeness (QED) is 0.171. The molecule has 0 aliphatic heterocycles. The van der Waals surface area contributed by atoms with E-state index in [1.807, 2.05) is 35.6 Å². The Labute approximate surface area is 300 Å². The lowest BCUT2D eigenvalue weighted by molar-refractivity contribution is 1.18. The average Bonchev–Trinajstić information content (AvgIpc) is 3.62. The van der Waals surface area contributed by atoms with Crippen LogP contribution in [-0.2, 0) is 0 Å². The Morgan fingerprint density at radius 1 is 0.333 bits per heavy atom. The zero-order valence-corrected chi connectivity index (χ0v) is 28.4. The van der Waals surface area contributed by atoms with Crippen molar-refractivity contribution in [3.63, 3.8) is 0 Å². The molecule has 0 unspecified atom stereocenters. The number of fused-ring (bicyclic) bond motifs is 8. The molecule has 2 aromatic heterocycles. The van der Waals surface area contributed by atoms with Crippen LogP contribution in [0.1, 0.15) is 0 Å². The van der Waals surface area contributed by atoms with Crippen molar-refractivity contribution in [2.75, 3.05) is 0 Å². The minimum atomic E-state index is 0.711. The Morgan fingerprint density at radius 2 is 0.863 bits per heavy atom. The standard InChI is InChI=1S/C48H30N2S/c1-4-15-31(16-5-1)34-27-35(29-36(28-34)43-30-42(32-17-6-2-7-18-32)49-48(50-43)33-19-8-3-9-20-33)37-25-14-26-44-45(37)46-40-23-12-10-21-38(40)39-22-11-13-24-41(39)47(46)51-44/h1-30H. The van der Waals surface area contributed by atoms with Crippen LogP contribution >= 0.6 is 11.3 Å². The van der Waals surface area contributed by atoms with Gasteiger partial charge >= 0.3 is 0 Å². The third-order valence-corrected chi connectivity index (χ3v) is 11.0. The molecule has 238 valence electrons. The summed E-state index contributed by atoms with van der Waals surface area (Å²) in [6.07, 6.45) is 0. The summed E-state index contributed by atoms with van der Waals surface area (Å²) >= 11 is 1.89. The number of benzene rings is 8. The monoisotopic (exact) mass is 666 g/mol. The maximum Gasteiger partial charge on any atom is 0.160 e. The lowest BCUT2D eigenvalue weighted by Crippen LogP contribution is -1.96. The average molecular weight is 667 g/mol. The zero-order valence-electron chi connectivity index (χ0n) is 27.6. The Hall–Kier alpha value is -6.42. The van der Waals surface area contributed by atoms with Crippen molar-refractivity contribution in [1.29, 1.82) is 0 Å². The first kappa shape index (κ1) is 29.5. The molecule has 0 aliphatic carbocycles. The van der Waals surface area contributed by atoms with Gasteiger partial charge in [-0.2, -0.15) is 0 Å². The summed E-state index contributed by atoms with van der Waals surface area (Å²) < 4.78 is 2.62. The van der Waals surface area contributed by atoms with Crippen molar-refractivity contribution in [3.8, 4) is 56.2 Å². The highest BCUT2D eigenvalue weighted by Gasteiger charge is 2.19. The summed E-state index contributed by atoms with van der Waals surface area (Å²) in [5.74, 6) is 0.711. The van der Waals surface area contributed by atoms with Crippen LogP contribution in [0.5, 0.6) is 0 Å². The minimum absolute atomic E-state index is 0.711. The Morgan fingerprint density at radius 3 is 1.57 bits per heavy atom. The second-order valence-corrected chi connectivity index (χ2v) is 14.0. The molecule has 0 aliphatic rings. The molecular weight excluding hydrogens is 637 g/mol. The predicted molar refractivity (Wildman–Crippen MR) is 217 cm³/mol. The number of hydrogen-bond donors (Lipinski definition) is 0. The van der Waals surface area contributed by atoms with Crippen molar-refractivity contribution in [1.82, 2.24) is 9.97 Å². The highest BCUT2D eigenvalue weighted by Crippen LogP contribution is 2.47. The number of hydrogen-bond acceptors (Lipinski definition) is 3. The topological polar surface area (TPSA) is 25.8 Å². The lowest BCUT2D eigenvalue weighted by Gasteiger charge is -2.14. The third kappa shape index (κ3) is 5.10. The van der Waals surface area contributed by atoms with E-state index in [0.29, 0.717) is 5.82 Å². The molecule has 0 bridgehead atoms. The van der Waals surface area contributed by atoms with Crippen LogP contribution in [0.2, 0.25) is 0 Å². The van der Waals surface area contributed by atoms with E-state index in [1.165, 1.54) is 52.8 Å². The van der Waals surface area contributed by atoms with Crippen molar-refractivity contribution in [2.24, 2.45) is 0 Å². The maximum absolute atomic E-state index is 5.24.